The van der Waals surface area contributed by atoms with Crippen molar-refractivity contribution in [1.82, 2.24) is 5.01 Å². The van der Waals surface area contributed by atoms with Gasteiger partial charge in [-0.25, -0.2) is 10.6 Å². The number of hydrazine groups is 1. The number of carbonyl (C=O) groups is 2. The molecule has 9 nitrogen and oxygen atoms in total. The maximum Gasteiger partial charge on any atom is 0.339 e. The number of benzene rings is 4. The Hall–Kier alpha value is -5.28. The number of anilines is 1. The fourth-order valence-corrected chi connectivity index (χ4v) is 4.66. The van der Waals surface area contributed by atoms with Crippen LogP contribution in [0.3, 0.4) is 0 Å². The van der Waals surface area contributed by atoms with E-state index >= 15 is 0 Å². The summed E-state index contributed by atoms with van der Waals surface area (Å²) in [5.41, 5.74) is 8.65. The molecule has 0 atom stereocenters. The minimum Gasteiger partial charge on any atom is -0.507 e. The number of aromatic carboxylic acids is 1. The summed E-state index contributed by atoms with van der Waals surface area (Å²) in [4.78, 5) is 24.3. The van der Waals surface area contributed by atoms with Gasteiger partial charge in [0.25, 0.3) is 0 Å². The van der Waals surface area contributed by atoms with E-state index < -0.39 is 11.7 Å². The second-order valence-corrected chi connectivity index (χ2v) is 9.34. The normalized spacial score (nSPS) is 11.6. The van der Waals surface area contributed by atoms with E-state index in [0.717, 1.165) is 22.0 Å². The first-order chi connectivity index (χ1) is 19.3. The maximum absolute atomic E-state index is 12.6. The minimum absolute atomic E-state index is 0.130. The van der Waals surface area contributed by atoms with E-state index in [1.54, 1.807) is 0 Å². The molecule has 1 amide bonds. The summed E-state index contributed by atoms with van der Waals surface area (Å²) >= 11 is 0. The zero-order valence-electron chi connectivity index (χ0n) is 21.5. The lowest BCUT2D eigenvalue weighted by molar-refractivity contribution is -0.116. The van der Waals surface area contributed by atoms with E-state index in [4.69, 9.17) is 16.0 Å². The average Bonchev–Trinajstić information content (AvgIpc) is 3.31. The van der Waals surface area contributed by atoms with E-state index in [9.17, 15) is 19.8 Å². The zero-order chi connectivity index (χ0) is 28.2. The van der Waals surface area contributed by atoms with Crippen molar-refractivity contribution in [3.05, 3.63) is 102 Å². The number of furan rings is 1. The lowest BCUT2D eigenvalue weighted by atomic mass is 10.0. The number of carbonyl (C=O) groups excluding carboxylic acids is 1. The van der Waals surface area contributed by atoms with Crippen molar-refractivity contribution >= 4 is 45.0 Å². The van der Waals surface area contributed by atoms with Gasteiger partial charge in [-0.2, -0.15) is 0 Å². The van der Waals surface area contributed by atoms with Crippen LogP contribution < -0.4 is 16.9 Å². The number of nitrogens with two attached hydrogens (primary N) is 2. The molecule has 7 N–H and O–H groups in total. The van der Waals surface area contributed by atoms with Gasteiger partial charge in [-0.1, -0.05) is 66.7 Å². The van der Waals surface area contributed by atoms with Crippen LogP contribution in [-0.2, 0) is 4.79 Å². The number of aromatic hydroxyl groups is 1. The van der Waals surface area contributed by atoms with Crippen LogP contribution in [0.5, 0.6) is 5.75 Å². The van der Waals surface area contributed by atoms with Crippen molar-refractivity contribution in [2.45, 2.75) is 12.8 Å². The molecule has 202 valence electrons. The van der Waals surface area contributed by atoms with Gasteiger partial charge in [0.05, 0.1) is 11.3 Å². The van der Waals surface area contributed by atoms with Gasteiger partial charge in [-0.3, -0.25) is 4.79 Å². The number of carboxylic acids is 1. The molecule has 5 aromatic rings. The molecule has 0 radical (unpaired) electrons. The Kier molecular flexibility index (Phi) is 7.39. The fraction of sp³-hybridized carbons (Fsp3) is 0.0968. The van der Waals surface area contributed by atoms with E-state index in [-0.39, 0.29) is 29.2 Å². The number of nitrogens with one attached hydrogen (secondary N) is 1. The smallest absolute Gasteiger partial charge is 0.339 e. The van der Waals surface area contributed by atoms with Crippen LogP contribution in [-0.4, -0.2) is 33.6 Å². The summed E-state index contributed by atoms with van der Waals surface area (Å²) in [7, 11) is 0. The molecular weight excluding hydrogens is 508 g/mol. The van der Waals surface area contributed by atoms with Gasteiger partial charge in [0.2, 0.25) is 5.91 Å². The van der Waals surface area contributed by atoms with Gasteiger partial charge in [0.15, 0.2) is 0 Å². The molecule has 0 bridgehead atoms. The summed E-state index contributed by atoms with van der Waals surface area (Å²) in [6.07, 6.45) is 2.23. The molecule has 0 fully saturated rings. The molecule has 0 unspecified atom stereocenters. The quantitative estimate of drug-likeness (QED) is 0.122. The third-order valence-corrected chi connectivity index (χ3v) is 6.55. The highest BCUT2D eigenvalue weighted by Gasteiger charge is 2.22. The number of fused-ring (bicyclic) bond motifs is 2. The predicted molar refractivity (Wildman–Crippen MR) is 155 cm³/mol. The second-order valence-electron chi connectivity index (χ2n) is 9.34. The molecule has 4 aromatic carbocycles. The molecular formula is C31H28N4O5. The minimum atomic E-state index is -1.28. The first kappa shape index (κ1) is 26.3. The number of carboxylic acid groups (broad SMARTS) is 1. The highest BCUT2D eigenvalue weighted by Crippen LogP contribution is 2.39. The van der Waals surface area contributed by atoms with Crippen molar-refractivity contribution in [3.63, 3.8) is 0 Å². The standard InChI is InChI=1S/C31H28N4O5/c32-24(18-35(33)15-7-14-28(37)34-25-13-6-11-19-8-4-5-12-21(19)25)29-23-16-22(31(38)39)26(36)17-27(23)40-30(29)20-9-2-1-3-10-20/h1-6,8-13,16-18,36H,7,14-15,32-33H2,(H,34,37)(H,38,39)/b24-18-. The Morgan fingerprint density at radius 1 is 0.950 bits per heavy atom. The van der Waals surface area contributed by atoms with Gasteiger partial charge in [0.1, 0.15) is 22.7 Å². The number of hydrogen-bond acceptors (Lipinski definition) is 7. The summed E-state index contributed by atoms with van der Waals surface area (Å²) in [6, 6.07) is 25.4. The first-order valence-corrected chi connectivity index (χ1v) is 12.7. The van der Waals surface area contributed by atoms with Crippen LogP contribution in [0.25, 0.3) is 38.8 Å². The molecule has 0 aliphatic heterocycles. The molecule has 9 heteroatoms. The summed E-state index contributed by atoms with van der Waals surface area (Å²) in [6.45, 7) is 0.335. The first-order valence-electron chi connectivity index (χ1n) is 12.7. The number of phenols is 1. The molecule has 40 heavy (non-hydrogen) atoms. The van der Waals surface area contributed by atoms with E-state index in [2.05, 4.69) is 5.32 Å². The maximum atomic E-state index is 12.6. The lowest BCUT2D eigenvalue weighted by Gasteiger charge is -2.15. The molecule has 0 saturated carbocycles. The van der Waals surface area contributed by atoms with Crippen molar-refractivity contribution in [3.8, 4) is 17.1 Å². The highest BCUT2D eigenvalue weighted by atomic mass is 16.4. The molecule has 1 heterocycles. The van der Waals surface area contributed by atoms with Crippen LogP contribution in [0.15, 0.2) is 95.5 Å². The van der Waals surface area contributed by atoms with E-state index in [1.165, 1.54) is 23.3 Å². The number of hydrogen-bond donors (Lipinski definition) is 5. The van der Waals surface area contributed by atoms with Crippen molar-refractivity contribution < 1.29 is 24.2 Å². The molecule has 5 rings (SSSR count). The monoisotopic (exact) mass is 536 g/mol. The van der Waals surface area contributed by atoms with Gasteiger partial charge in [0, 0.05) is 47.3 Å². The molecule has 0 aliphatic rings. The van der Waals surface area contributed by atoms with Crippen LogP contribution in [0.4, 0.5) is 5.69 Å². The Morgan fingerprint density at radius 3 is 2.45 bits per heavy atom. The van der Waals surface area contributed by atoms with E-state index in [1.807, 2.05) is 72.8 Å². The third-order valence-electron chi connectivity index (χ3n) is 6.55. The number of rotatable bonds is 9. The van der Waals surface area contributed by atoms with Gasteiger partial charge in [-0.15, -0.1) is 0 Å². The fourth-order valence-electron chi connectivity index (χ4n) is 4.66. The Balaban J connectivity index is 1.34. The van der Waals surface area contributed by atoms with Crippen molar-refractivity contribution in [2.24, 2.45) is 11.6 Å². The number of amides is 1. The number of nitrogens with zero attached hydrogens (tertiary/aromatic N) is 1. The molecule has 1 aromatic heterocycles. The topological polar surface area (TPSA) is 155 Å². The van der Waals surface area contributed by atoms with Crippen molar-refractivity contribution in [2.75, 3.05) is 11.9 Å². The van der Waals surface area contributed by atoms with Gasteiger partial charge in [-0.05, 0) is 23.9 Å². The zero-order valence-corrected chi connectivity index (χ0v) is 21.5. The van der Waals surface area contributed by atoms with Crippen LogP contribution >= 0.6 is 0 Å². The average molecular weight is 537 g/mol. The molecule has 0 saturated heterocycles. The van der Waals surface area contributed by atoms with E-state index in [0.29, 0.717) is 29.7 Å². The Morgan fingerprint density at radius 2 is 1.68 bits per heavy atom. The predicted octanol–water partition coefficient (Wildman–Crippen LogP) is 5.51. The van der Waals surface area contributed by atoms with Crippen LogP contribution in [0.1, 0.15) is 28.8 Å². The SMILES string of the molecule is N/C(=C\N(N)CCCC(=O)Nc1cccc2ccccc12)c1c(-c2ccccc2)oc2cc(O)c(C(=O)O)cc12. The summed E-state index contributed by atoms with van der Waals surface area (Å²) in [5.74, 6) is 4.80. The highest BCUT2D eigenvalue weighted by molar-refractivity contribution is 6.03. The van der Waals surface area contributed by atoms with Gasteiger partial charge >= 0.3 is 5.97 Å². The van der Waals surface area contributed by atoms with Gasteiger partial charge < -0.3 is 30.7 Å². The summed E-state index contributed by atoms with van der Waals surface area (Å²) in [5, 5.41) is 26.5. The molecule has 0 aliphatic carbocycles. The largest absolute Gasteiger partial charge is 0.507 e. The van der Waals surface area contributed by atoms with Crippen LogP contribution in [0.2, 0.25) is 0 Å². The lowest BCUT2D eigenvalue weighted by Crippen LogP contribution is -2.28. The Labute approximate surface area is 229 Å². The second kappa shape index (κ2) is 11.2. The molecule has 0 spiro atoms. The third kappa shape index (κ3) is 5.45. The summed E-state index contributed by atoms with van der Waals surface area (Å²) < 4.78 is 6.02. The van der Waals surface area contributed by atoms with Crippen LogP contribution in [0, 0.1) is 0 Å². The van der Waals surface area contributed by atoms with Crippen molar-refractivity contribution in [1.29, 1.82) is 0 Å². The Bertz CT molecular complexity index is 1740.